The van der Waals surface area contributed by atoms with Crippen LogP contribution in [0.1, 0.15) is 5.56 Å². The van der Waals surface area contributed by atoms with Gasteiger partial charge in [-0.2, -0.15) is 5.26 Å². The first-order valence-corrected chi connectivity index (χ1v) is 6.18. The molecule has 2 rings (SSSR count). The van der Waals surface area contributed by atoms with Crippen LogP contribution in [-0.4, -0.2) is 11.8 Å². The summed E-state index contributed by atoms with van der Waals surface area (Å²) in [7, 11) is 0. The number of amides is 2. The van der Waals surface area contributed by atoms with Crippen molar-refractivity contribution in [3.05, 3.63) is 59.4 Å². The lowest BCUT2D eigenvalue weighted by Gasteiger charge is -2.08. The summed E-state index contributed by atoms with van der Waals surface area (Å²) in [5.41, 5.74) is -0.236. The zero-order chi connectivity index (χ0) is 17.0. The Morgan fingerprint density at radius 1 is 0.957 bits per heavy atom. The van der Waals surface area contributed by atoms with Crippen LogP contribution in [-0.2, 0) is 9.59 Å². The molecule has 8 heteroatoms. The van der Waals surface area contributed by atoms with E-state index in [1.807, 2.05) is 11.4 Å². The van der Waals surface area contributed by atoms with Crippen molar-refractivity contribution in [2.24, 2.45) is 0 Å². The fourth-order valence-corrected chi connectivity index (χ4v) is 1.66. The second kappa shape index (κ2) is 6.62. The number of benzene rings is 2. The number of nitriles is 1. The first-order valence-electron chi connectivity index (χ1n) is 6.18. The third-order valence-corrected chi connectivity index (χ3v) is 2.74. The molecule has 0 spiro atoms. The fourth-order valence-electron chi connectivity index (χ4n) is 1.66. The summed E-state index contributed by atoms with van der Waals surface area (Å²) in [4.78, 5) is 23.3. The molecule has 0 heterocycles. The van der Waals surface area contributed by atoms with E-state index in [2.05, 4.69) is 5.32 Å². The van der Waals surface area contributed by atoms with Crippen molar-refractivity contribution in [1.29, 1.82) is 5.26 Å². The molecule has 0 aromatic heterocycles. The minimum absolute atomic E-state index is 0.176. The highest BCUT2D eigenvalue weighted by atomic mass is 19.2. The van der Waals surface area contributed by atoms with E-state index in [1.54, 1.807) is 0 Å². The lowest BCUT2D eigenvalue weighted by atomic mass is 10.2. The molecule has 0 radical (unpaired) electrons. The molecule has 0 aliphatic carbocycles. The molecule has 2 aromatic carbocycles. The molecule has 116 valence electrons. The summed E-state index contributed by atoms with van der Waals surface area (Å²) in [5, 5.41) is 12.7. The maximum atomic E-state index is 13.4. The fraction of sp³-hybridized carbons (Fsp3) is 0. The Labute approximate surface area is 128 Å². The van der Waals surface area contributed by atoms with E-state index < -0.39 is 35.0 Å². The lowest BCUT2D eigenvalue weighted by molar-refractivity contribution is -0.133. The number of carbonyl (C=O) groups is 2. The molecule has 2 N–H and O–H groups in total. The van der Waals surface area contributed by atoms with Crippen LogP contribution in [0, 0.1) is 28.8 Å². The van der Waals surface area contributed by atoms with Crippen LogP contribution in [0.15, 0.2) is 36.4 Å². The van der Waals surface area contributed by atoms with Crippen molar-refractivity contribution in [2.45, 2.75) is 0 Å². The number of rotatable bonds is 2. The van der Waals surface area contributed by atoms with Gasteiger partial charge in [-0.15, -0.1) is 0 Å². The number of nitrogens with one attached hydrogen (secondary N) is 2. The van der Waals surface area contributed by atoms with Crippen LogP contribution in [0.25, 0.3) is 0 Å². The zero-order valence-corrected chi connectivity index (χ0v) is 11.4. The first kappa shape index (κ1) is 16.0. The number of hydrogen-bond acceptors (Lipinski definition) is 3. The van der Waals surface area contributed by atoms with Crippen molar-refractivity contribution >= 4 is 23.2 Å². The van der Waals surface area contributed by atoms with E-state index in [0.717, 1.165) is 6.07 Å². The normalized spacial score (nSPS) is 9.83. The Bertz CT molecular complexity index is 831. The SMILES string of the molecule is N#Cc1cccc(NC(=O)C(=O)Nc2ccc(F)c(F)c2F)c1. The summed E-state index contributed by atoms with van der Waals surface area (Å²) in [6, 6.07) is 8.99. The smallest absolute Gasteiger partial charge is 0.314 e. The van der Waals surface area contributed by atoms with E-state index in [4.69, 9.17) is 5.26 Å². The van der Waals surface area contributed by atoms with Crippen LogP contribution in [0.5, 0.6) is 0 Å². The van der Waals surface area contributed by atoms with E-state index in [1.165, 1.54) is 24.3 Å². The standard InChI is InChI=1S/C15H8F3N3O2/c16-10-4-5-11(13(18)12(10)17)21-15(23)14(22)20-9-3-1-2-8(6-9)7-19/h1-6H,(H,20,22)(H,21,23). The number of halogens is 3. The molecule has 0 saturated carbocycles. The van der Waals surface area contributed by atoms with Crippen LogP contribution in [0.3, 0.4) is 0 Å². The van der Waals surface area contributed by atoms with Gasteiger partial charge in [0.05, 0.1) is 17.3 Å². The number of nitrogens with zero attached hydrogens (tertiary/aromatic N) is 1. The first-order chi connectivity index (χ1) is 10.9. The molecule has 2 aromatic rings. The topological polar surface area (TPSA) is 82.0 Å². The molecule has 0 bridgehead atoms. The predicted molar refractivity (Wildman–Crippen MR) is 74.7 cm³/mol. The second-order valence-corrected chi connectivity index (χ2v) is 4.32. The van der Waals surface area contributed by atoms with Gasteiger partial charge in [0.25, 0.3) is 0 Å². The average Bonchev–Trinajstić information content (AvgIpc) is 2.55. The monoisotopic (exact) mass is 319 g/mol. The van der Waals surface area contributed by atoms with Gasteiger partial charge in [-0.3, -0.25) is 9.59 Å². The van der Waals surface area contributed by atoms with Gasteiger partial charge in [0.2, 0.25) is 0 Å². The minimum Gasteiger partial charge on any atom is -0.318 e. The third kappa shape index (κ3) is 3.65. The van der Waals surface area contributed by atoms with Crippen molar-refractivity contribution in [3.63, 3.8) is 0 Å². The highest BCUT2D eigenvalue weighted by Gasteiger charge is 2.19. The molecule has 0 atom stereocenters. The maximum absolute atomic E-state index is 13.4. The summed E-state index contributed by atoms with van der Waals surface area (Å²) in [6.45, 7) is 0. The minimum atomic E-state index is -1.76. The molecule has 2 amide bonds. The number of hydrogen-bond donors (Lipinski definition) is 2. The maximum Gasteiger partial charge on any atom is 0.314 e. The van der Waals surface area contributed by atoms with E-state index >= 15 is 0 Å². The molecular formula is C15H8F3N3O2. The second-order valence-electron chi connectivity index (χ2n) is 4.32. The van der Waals surface area contributed by atoms with Crippen molar-refractivity contribution in [3.8, 4) is 6.07 Å². The molecule has 23 heavy (non-hydrogen) atoms. The quantitative estimate of drug-likeness (QED) is 0.659. The third-order valence-electron chi connectivity index (χ3n) is 2.74. The Morgan fingerprint density at radius 2 is 1.65 bits per heavy atom. The summed E-state index contributed by atoms with van der Waals surface area (Å²) in [6.07, 6.45) is 0. The molecule has 0 aliphatic heterocycles. The average molecular weight is 319 g/mol. The molecule has 0 aliphatic rings. The Balaban J connectivity index is 2.10. The molecule has 5 nitrogen and oxygen atoms in total. The molecular weight excluding hydrogens is 311 g/mol. The van der Waals surface area contributed by atoms with Crippen molar-refractivity contribution in [1.82, 2.24) is 0 Å². The van der Waals surface area contributed by atoms with E-state index in [-0.39, 0.29) is 11.3 Å². The lowest BCUT2D eigenvalue weighted by Crippen LogP contribution is -2.29. The van der Waals surface area contributed by atoms with Gasteiger partial charge >= 0.3 is 11.8 Å². The van der Waals surface area contributed by atoms with Gasteiger partial charge < -0.3 is 10.6 Å². The molecule has 0 fully saturated rings. The van der Waals surface area contributed by atoms with Gasteiger partial charge in [-0.05, 0) is 30.3 Å². The van der Waals surface area contributed by atoms with Gasteiger partial charge in [0.1, 0.15) is 0 Å². The number of anilines is 2. The molecule has 0 saturated heterocycles. The van der Waals surface area contributed by atoms with Crippen LogP contribution in [0.2, 0.25) is 0 Å². The Morgan fingerprint density at radius 3 is 2.35 bits per heavy atom. The summed E-state index contributed by atoms with van der Waals surface area (Å²) in [5.74, 6) is -7.23. The number of carbonyl (C=O) groups excluding carboxylic acids is 2. The zero-order valence-electron chi connectivity index (χ0n) is 11.4. The van der Waals surface area contributed by atoms with Gasteiger partial charge in [0.15, 0.2) is 17.5 Å². The van der Waals surface area contributed by atoms with E-state index in [0.29, 0.717) is 6.07 Å². The van der Waals surface area contributed by atoms with Crippen molar-refractivity contribution < 1.29 is 22.8 Å². The highest BCUT2D eigenvalue weighted by Crippen LogP contribution is 2.19. The van der Waals surface area contributed by atoms with Crippen LogP contribution < -0.4 is 10.6 Å². The van der Waals surface area contributed by atoms with Gasteiger partial charge in [-0.1, -0.05) is 6.07 Å². The van der Waals surface area contributed by atoms with Crippen LogP contribution in [0.4, 0.5) is 24.5 Å². The highest BCUT2D eigenvalue weighted by molar-refractivity contribution is 6.43. The predicted octanol–water partition coefficient (Wildman–Crippen LogP) is 2.55. The van der Waals surface area contributed by atoms with E-state index in [9.17, 15) is 22.8 Å². The van der Waals surface area contributed by atoms with Crippen molar-refractivity contribution in [2.75, 3.05) is 10.6 Å². The Kier molecular flexibility index (Phi) is 4.61. The Hall–Kier alpha value is -3.34. The van der Waals surface area contributed by atoms with Gasteiger partial charge in [0, 0.05) is 5.69 Å². The summed E-state index contributed by atoms with van der Waals surface area (Å²) < 4.78 is 39.2. The largest absolute Gasteiger partial charge is 0.318 e. The van der Waals surface area contributed by atoms with Crippen LogP contribution >= 0.6 is 0 Å². The summed E-state index contributed by atoms with van der Waals surface area (Å²) >= 11 is 0. The van der Waals surface area contributed by atoms with Gasteiger partial charge in [-0.25, -0.2) is 13.2 Å². The molecule has 0 unspecified atom stereocenters.